The molecule has 0 spiro atoms. The smallest absolute Gasteiger partial charge is 0.137 e. The molecule has 0 bridgehead atoms. The largest absolute Gasteiger partial charge is 0.493 e. The number of ether oxygens (including phenoxy) is 1. The first-order chi connectivity index (χ1) is 9.54. The molecule has 2 aromatic carbocycles. The topological polar surface area (TPSA) is 9.23 Å². The molecule has 1 unspecified atom stereocenters. The molecule has 0 amide bonds. The highest BCUT2D eigenvalue weighted by Gasteiger charge is 2.17. The standard InChI is InChI=1S/C15H12Br3FO/c1-2-20-13-7-6-9(8-11(13)16)14(17)10-4-3-5-12(19)15(10)18/h3-8,14H,2H2,1H3. The van der Waals surface area contributed by atoms with Gasteiger partial charge in [0.05, 0.1) is 20.4 Å². The summed E-state index contributed by atoms with van der Waals surface area (Å²) in [5.74, 6) is 0.534. The van der Waals surface area contributed by atoms with Gasteiger partial charge in [-0.25, -0.2) is 4.39 Å². The van der Waals surface area contributed by atoms with E-state index in [2.05, 4.69) is 47.8 Å². The average Bonchev–Trinajstić information content (AvgIpc) is 2.43. The molecule has 106 valence electrons. The number of hydrogen-bond donors (Lipinski definition) is 0. The predicted molar refractivity (Wildman–Crippen MR) is 90.2 cm³/mol. The Kier molecular flexibility index (Phi) is 5.64. The second-order valence-corrected chi connectivity index (χ2v) is 6.69. The molecule has 0 aliphatic heterocycles. The zero-order valence-electron chi connectivity index (χ0n) is 10.7. The second-order valence-electron chi connectivity index (χ2n) is 4.13. The third-order valence-corrected chi connectivity index (χ3v) is 5.28. The molecule has 0 saturated carbocycles. The minimum atomic E-state index is -0.267. The quantitative estimate of drug-likeness (QED) is 0.485. The molecular weight excluding hydrogens is 455 g/mol. The fourth-order valence-electron chi connectivity index (χ4n) is 1.84. The Bertz CT molecular complexity index is 616. The molecule has 2 rings (SSSR count). The fourth-order valence-corrected chi connectivity index (χ4v) is 3.82. The van der Waals surface area contributed by atoms with Crippen LogP contribution in [0.5, 0.6) is 5.75 Å². The van der Waals surface area contributed by atoms with Crippen LogP contribution in [-0.2, 0) is 0 Å². The maximum atomic E-state index is 13.6. The monoisotopic (exact) mass is 464 g/mol. The van der Waals surface area contributed by atoms with Crippen molar-refractivity contribution < 1.29 is 9.13 Å². The number of hydrogen-bond acceptors (Lipinski definition) is 1. The summed E-state index contributed by atoms with van der Waals surface area (Å²) in [5.41, 5.74) is 1.87. The van der Waals surface area contributed by atoms with Gasteiger partial charge < -0.3 is 4.74 Å². The number of rotatable bonds is 4. The highest BCUT2D eigenvalue weighted by molar-refractivity contribution is 9.11. The zero-order valence-corrected chi connectivity index (χ0v) is 15.4. The Labute approximate surface area is 142 Å². The molecule has 0 aliphatic rings. The molecule has 1 atom stereocenters. The van der Waals surface area contributed by atoms with Gasteiger partial charge in [-0.3, -0.25) is 0 Å². The minimum absolute atomic E-state index is 0.0976. The molecule has 20 heavy (non-hydrogen) atoms. The lowest BCUT2D eigenvalue weighted by atomic mass is 10.0. The van der Waals surface area contributed by atoms with Crippen LogP contribution in [-0.4, -0.2) is 6.61 Å². The maximum Gasteiger partial charge on any atom is 0.137 e. The van der Waals surface area contributed by atoms with Crippen molar-refractivity contribution in [2.24, 2.45) is 0 Å². The van der Waals surface area contributed by atoms with E-state index in [9.17, 15) is 4.39 Å². The molecule has 0 saturated heterocycles. The summed E-state index contributed by atoms with van der Waals surface area (Å²) < 4.78 is 20.5. The van der Waals surface area contributed by atoms with Crippen molar-refractivity contribution in [3.8, 4) is 5.75 Å². The Morgan fingerprint density at radius 2 is 1.95 bits per heavy atom. The van der Waals surface area contributed by atoms with Crippen LogP contribution in [0.4, 0.5) is 4.39 Å². The number of benzene rings is 2. The summed E-state index contributed by atoms with van der Waals surface area (Å²) in [6, 6.07) is 10.9. The Balaban J connectivity index is 2.36. The molecule has 0 N–H and O–H groups in total. The lowest BCUT2D eigenvalue weighted by Gasteiger charge is -2.15. The lowest BCUT2D eigenvalue weighted by Crippen LogP contribution is -1.98. The van der Waals surface area contributed by atoms with Gasteiger partial charge in [0, 0.05) is 0 Å². The van der Waals surface area contributed by atoms with Crippen molar-refractivity contribution in [1.82, 2.24) is 0 Å². The number of alkyl halides is 1. The van der Waals surface area contributed by atoms with Crippen LogP contribution in [0.25, 0.3) is 0 Å². The van der Waals surface area contributed by atoms with E-state index in [-0.39, 0.29) is 10.6 Å². The molecule has 0 aliphatic carbocycles. The van der Waals surface area contributed by atoms with Crippen LogP contribution < -0.4 is 4.74 Å². The molecule has 0 radical (unpaired) electrons. The molecule has 0 heterocycles. The van der Waals surface area contributed by atoms with Crippen LogP contribution in [0.2, 0.25) is 0 Å². The average molecular weight is 467 g/mol. The van der Waals surface area contributed by atoms with Crippen molar-refractivity contribution >= 4 is 47.8 Å². The molecule has 0 fully saturated rings. The highest BCUT2D eigenvalue weighted by atomic mass is 79.9. The lowest BCUT2D eigenvalue weighted by molar-refractivity contribution is 0.338. The van der Waals surface area contributed by atoms with Crippen LogP contribution in [0.15, 0.2) is 45.3 Å². The van der Waals surface area contributed by atoms with Crippen molar-refractivity contribution in [2.75, 3.05) is 6.61 Å². The van der Waals surface area contributed by atoms with Crippen molar-refractivity contribution in [2.45, 2.75) is 11.8 Å². The van der Waals surface area contributed by atoms with Gasteiger partial charge in [-0.05, 0) is 68.1 Å². The highest BCUT2D eigenvalue weighted by Crippen LogP contribution is 2.38. The van der Waals surface area contributed by atoms with Gasteiger partial charge in [0.2, 0.25) is 0 Å². The first-order valence-corrected chi connectivity index (χ1v) is 8.55. The molecule has 0 aromatic heterocycles. The third-order valence-electron chi connectivity index (χ3n) is 2.80. The van der Waals surface area contributed by atoms with Crippen LogP contribution >= 0.6 is 47.8 Å². The number of halogens is 4. The fraction of sp³-hybridized carbons (Fsp3) is 0.200. The van der Waals surface area contributed by atoms with E-state index >= 15 is 0 Å². The first-order valence-electron chi connectivity index (χ1n) is 6.04. The second kappa shape index (κ2) is 7.05. The van der Waals surface area contributed by atoms with Crippen molar-refractivity contribution in [3.63, 3.8) is 0 Å². The SMILES string of the molecule is CCOc1ccc(C(Br)c2cccc(F)c2Br)cc1Br. The Morgan fingerprint density at radius 1 is 1.20 bits per heavy atom. The maximum absolute atomic E-state index is 13.6. The minimum Gasteiger partial charge on any atom is -0.493 e. The van der Waals surface area contributed by atoms with Gasteiger partial charge in [-0.2, -0.15) is 0 Å². The van der Waals surface area contributed by atoms with Gasteiger partial charge in [-0.15, -0.1) is 0 Å². The van der Waals surface area contributed by atoms with E-state index in [1.807, 2.05) is 31.2 Å². The molecule has 2 aromatic rings. The Hall–Kier alpha value is -0.390. The van der Waals surface area contributed by atoms with Gasteiger partial charge in [-0.1, -0.05) is 34.1 Å². The van der Waals surface area contributed by atoms with Crippen LogP contribution in [0.3, 0.4) is 0 Å². The summed E-state index contributed by atoms with van der Waals surface area (Å²) in [4.78, 5) is -0.0976. The summed E-state index contributed by atoms with van der Waals surface area (Å²) in [5, 5.41) is 0. The van der Waals surface area contributed by atoms with Gasteiger partial charge >= 0.3 is 0 Å². The zero-order chi connectivity index (χ0) is 14.7. The Morgan fingerprint density at radius 3 is 2.60 bits per heavy atom. The van der Waals surface area contributed by atoms with Crippen LogP contribution in [0.1, 0.15) is 22.9 Å². The van der Waals surface area contributed by atoms with E-state index in [1.54, 1.807) is 6.07 Å². The molecular formula is C15H12Br3FO. The van der Waals surface area contributed by atoms with E-state index in [1.165, 1.54) is 6.07 Å². The van der Waals surface area contributed by atoms with E-state index < -0.39 is 0 Å². The third kappa shape index (κ3) is 3.43. The van der Waals surface area contributed by atoms with Gasteiger partial charge in [0.15, 0.2) is 0 Å². The molecule has 5 heteroatoms. The van der Waals surface area contributed by atoms with Gasteiger partial charge in [0.25, 0.3) is 0 Å². The van der Waals surface area contributed by atoms with Crippen LogP contribution in [0, 0.1) is 5.82 Å². The molecule has 1 nitrogen and oxygen atoms in total. The van der Waals surface area contributed by atoms with Crippen molar-refractivity contribution in [3.05, 3.63) is 62.3 Å². The normalized spacial score (nSPS) is 12.2. The van der Waals surface area contributed by atoms with E-state index in [0.717, 1.165) is 21.3 Å². The van der Waals surface area contributed by atoms with Gasteiger partial charge in [0.1, 0.15) is 11.6 Å². The first kappa shape index (κ1) is 16.0. The van der Waals surface area contributed by atoms with E-state index in [0.29, 0.717) is 11.1 Å². The van der Waals surface area contributed by atoms with E-state index in [4.69, 9.17) is 4.74 Å². The van der Waals surface area contributed by atoms with Crippen molar-refractivity contribution in [1.29, 1.82) is 0 Å². The summed E-state index contributed by atoms with van der Waals surface area (Å²) in [7, 11) is 0. The summed E-state index contributed by atoms with van der Waals surface area (Å²) in [6.07, 6.45) is 0. The summed E-state index contributed by atoms with van der Waals surface area (Å²) >= 11 is 10.4. The predicted octanol–water partition coefficient (Wildman–Crippen LogP) is 6.23. The summed E-state index contributed by atoms with van der Waals surface area (Å²) in [6.45, 7) is 2.56.